The number of H-pyrrole nitrogens is 1. The highest BCUT2D eigenvalue weighted by Crippen LogP contribution is 2.23. The topological polar surface area (TPSA) is 55.5 Å². The van der Waals surface area contributed by atoms with Gasteiger partial charge in [0.25, 0.3) is 0 Å². The van der Waals surface area contributed by atoms with E-state index in [1.165, 1.54) is 28.5 Å². The summed E-state index contributed by atoms with van der Waals surface area (Å²) in [5.41, 5.74) is 4.05. The van der Waals surface area contributed by atoms with Gasteiger partial charge in [0.15, 0.2) is 5.96 Å². The molecule has 1 aliphatic rings. The van der Waals surface area contributed by atoms with Gasteiger partial charge < -0.3 is 15.6 Å². The molecule has 0 radical (unpaired) electrons. The van der Waals surface area contributed by atoms with E-state index in [1.54, 1.807) is 4.88 Å². The van der Waals surface area contributed by atoms with E-state index in [0.717, 1.165) is 45.1 Å². The molecule has 0 aliphatic carbocycles. The molecule has 3 heterocycles. The van der Waals surface area contributed by atoms with E-state index in [4.69, 9.17) is 0 Å². The van der Waals surface area contributed by atoms with Gasteiger partial charge in [0.1, 0.15) is 0 Å². The molecule has 0 atom stereocenters. The van der Waals surface area contributed by atoms with Gasteiger partial charge in [-0.05, 0) is 41.5 Å². The highest BCUT2D eigenvalue weighted by atomic mass is 32.1. The minimum Gasteiger partial charge on any atom is -0.361 e. The van der Waals surface area contributed by atoms with Crippen LogP contribution in [0.25, 0.3) is 10.9 Å². The maximum Gasteiger partial charge on any atom is 0.191 e. The Kier molecular flexibility index (Phi) is 5.75. The van der Waals surface area contributed by atoms with Crippen molar-refractivity contribution >= 4 is 28.2 Å². The van der Waals surface area contributed by atoms with E-state index in [2.05, 4.69) is 67.4 Å². The number of fused-ring (bicyclic) bond motifs is 2. The highest BCUT2D eigenvalue weighted by molar-refractivity contribution is 7.10. The van der Waals surface area contributed by atoms with Crippen molar-refractivity contribution in [3.63, 3.8) is 0 Å². The first-order valence-electron chi connectivity index (χ1n) is 9.60. The van der Waals surface area contributed by atoms with E-state index in [0.29, 0.717) is 0 Å². The van der Waals surface area contributed by atoms with Crippen LogP contribution in [0.3, 0.4) is 0 Å². The molecule has 0 amide bonds. The van der Waals surface area contributed by atoms with Crippen LogP contribution in [0.1, 0.15) is 16.0 Å². The number of nitrogens with zero attached hydrogens (tertiary/aromatic N) is 2. The summed E-state index contributed by atoms with van der Waals surface area (Å²) in [7, 11) is 1.83. The zero-order valence-electron chi connectivity index (χ0n) is 15.8. The molecule has 0 saturated carbocycles. The molecule has 3 aromatic rings. The summed E-state index contributed by atoms with van der Waals surface area (Å²) in [6, 6.07) is 10.7. The second-order valence-electron chi connectivity index (χ2n) is 6.93. The average Bonchev–Trinajstić information content (AvgIpc) is 3.33. The maximum absolute atomic E-state index is 4.35. The van der Waals surface area contributed by atoms with Crippen molar-refractivity contribution in [2.45, 2.75) is 19.4 Å². The standard InChI is InChI=1S/C21H27N5S/c1-22-21(23-9-6-16-14-25-19-5-3-2-4-18(16)19)24-10-12-26-11-7-20-17(15-26)8-13-27-20/h2-5,8,13-14,25H,6-7,9-12,15H2,1H3,(H2,22,23,24). The fourth-order valence-corrected chi connectivity index (χ4v) is 4.59. The Balaban J connectivity index is 1.20. The number of para-hydroxylation sites is 1. The van der Waals surface area contributed by atoms with Crippen LogP contribution in [0.15, 0.2) is 46.9 Å². The Labute approximate surface area is 164 Å². The van der Waals surface area contributed by atoms with E-state index < -0.39 is 0 Å². The molecule has 0 fully saturated rings. The van der Waals surface area contributed by atoms with Crippen molar-refractivity contribution in [2.75, 3.05) is 33.2 Å². The predicted octanol–water partition coefficient (Wildman–Crippen LogP) is 3.00. The molecule has 5 nitrogen and oxygen atoms in total. The number of nitrogens with one attached hydrogen (secondary N) is 3. The number of aromatic nitrogens is 1. The second-order valence-corrected chi connectivity index (χ2v) is 7.93. The average molecular weight is 382 g/mol. The smallest absolute Gasteiger partial charge is 0.191 e. The Morgan fingerprint density at radius 1 is 1.22 bits per heavy atom. The van der Waals surface area contributed by atoms with Crippen molar-refractivity contribution < 1.29 is 0 Å². The first kappa shape index (κ1) is 18.1. The van der Waals surface area contributed by atoms with Gasteiger partial charge in [0, 0.05) is 61.7 Å². The van der Waals surface area contributed by atoms with Crippen LogP contribution in [-0.4, -0.2) is 49.1 Å². The van der Waals surface area contributed by atoms with Crippen LogP contribution >= 0.6 is 11.3 Å². The maximum atomic E-state index is 4.35. The number of aliphatic imine (C=N–C) groups is 1. The van der Waals surface area contributed by atoms with E-state index >= 15 is 0 Å². The molecule has 1 aliphatic heterocycles. The van der Waals surface area contributed by atoms with E-state index in [9.17, 15) is 0 Å². The van der Waals surface area contributed by atoms with Crippen LogP contribution in [0, 0.1) is 0 Å². The number of hydrogen-bond donors (Lipinski definition) is 3. The van der Waals surface area contributed by atoms with Crippen molar-refractivity contribution in [3.8, 4) is 0 Å². The summed E-state index contributed by atoms with van der Waals surface area (Å²) in [6.07, 6.45) is 4.26. The monoisotopic (exact) mass is 381 g/mol. The van der Waals surface area contributed by atoms with Crippen LogP contribution in [0.5, 0.6) is 0 Å². The van der Waals surface area contributed by atoms with E-state index in [1.807, 2.05) is 18.4 Å². The molecule has 142 valence electrons. The van der Waals surface area contributed by atoms with E-state index in [-0.39, 0.29) is 0 Å². The number of rotatable bonds is 6. The Morgan fingerprint density at radius 2 is 2.11 bits per heavy atom. The number of thiophene rings is 1. The molecule has 2 aromatic heterocycles. The van der Waals surface area contributed by atoms with Gasteiger partial charge >= 0.3 is 0 Å². The third kappa shape index (κ3) is 4.34. The molecular weight excluding hydrogens is 354 g/mol. The lowest BCUT2D eigenvalue weighted by atomic mass is 10.1. The lowest BCUT2D eigenvalue weighted by Crippen LogP contribution is -2.43. The lowest BCUT2D eigenvalue weighted by molar-refractivity contribution is 0.260. The minimum atomic E-state index is 0.865. The zero-order valence-corrected chi connectivity index (χ0v) is 16.6. The lowest BCUT2D eigenvalue weighted by Gasteiger charge is -2.27. The fourth-order valence-electron chi connectivity index (χ4n) is 3.70. The zero-order chi connectivity index (χ0) is 18.5. The summed E-state index contributed by atoms with van der Waals surface area (Å²) < 4.78 is 0. The molecule has 3 N–H and O–H groups in total. The molecule has 0 unspecified atom stereocenters. The van der Waals surface area contributed by atoms with Crippen molar-refractivity contribution in [3.05, 3.63) is 57.9 Å². The summed E-state index contributed by atoms with van der Waals surface area (Å²) >= 11 is 1.89. The molecule has 4 rings (SSSR count). The van der Waals surface area contributed by atoms with Gasteiger partial charge in [-0.1, -0.05) is 18.2 Å². The third-order valence-corrected chi connectivity index (χ3v) is 6.22. The molecule has 6 heteroatoms. The van der Waals surface area contributed by atoms with Crippen LogP contribution in [-0.2, 0) is 19.4 Å². The number of benzene rings is 1. The quantitative estimate of drug-likeness (QED) is 0.454. The molecule has 0 saturated heterocycles. The van der Waals surface area contributed by atoms with Crippen LogP contribution in [0.2, 0.25) is 0 Å². The summed E-state index contributed by atoms with van der Waals surface area (Å²) in [5, 5.41) is 10.4. The number of hydrogen-bond acceptors (Lipinski definition) is 3. The van der Waals surface area contributed by atoms with Crippen molar-refractivity contribution in [1.29, 1.82) is 0 Å². The van der Waals surface area contributed by atoms with Gasteiger partial charge in [-0.15, -0.1) is 11.3 Å². The molecule has 27 heavy (non-hydrogen) atoms. The molecular formula is C21H27N5S. The molecule has 1 aromatic carbocycles. The highest BCUT2D eigenvalue weighted by Gasteiger charge is 2.16. The van der Waals surface area contributed by atoms with Gasteiger partial charge in [-0.3, -0.25) is 9.89 Å². The summed E-state index contributed by atoms with van der Waals surface area (Å²) in [4.78, 5) is 11.8. The normalized spacial score (nSPS) is 15.1. The van der Waals surface area contributed by atoms with Crippen molar-refractivity contribution in [1.82, 2.24) is 20.5 Å². The second kappa shape index (κ2) is 8.59. The van der Waals surface area contributed by atoms with Gasteiger partial charge in [-0.25, -0.2) is 0 Å². The summed E-state index contributed by atoms with van der Waals surface area (Å²) in [5.74, 6) is 0.878. The van der Waals surface area contributed by atoms with Crippen LogP contribution < -0.4 is 10.6 Å². The van der Waals surface area contributed by atoms with Gasteiger partial charge in [0.2, 0.25) is 0 Å². The largest absolute Gasteiger partial charge is 0.361 e. The summed E-state index contributed by atoms with van der Waals surface area (Å²) in [6.45, 7) is 5.04. The Hall–Kier alpha value is -2.31. The molecule has 0 spiro atoms. The third-order valence-electron chi connectivity index (χ3n) is 5.19. The predicted molar refractivity (Wildman–Crippen MR) is 115 cm³/mol. The Bertz CT molecular complexity index is 910. The minimum absolute atomic E-state index is 0.865. The fraction of sp³-hybridized carbons (Fsp3) is 0.381. The van der Waals surface area contributed by atoms with Crippen LogP contribution in [0.4, 0.5) is 0 Å². The van der Waals surface area contributed by atoms with Gasteiger partial charge in [0.05, 0.1) is 0 Å². The first-order valence-corrected chi connectivity index (χ1v) is 10.5. The molecule has 0 bridgehead atoms. The SMILES string of the molecule is CN=C(NCCc1c[nH]c2ccccc12)NCCN1CCc2sccc2C1. The first-order chi connectivity index (χ1) is 13.3. The van der Waals surface area contributed by atoms with Crippen molar-refractivity contribution in [2.24, 2.45) is 4.99 Å². The number of guanidine groups is 1. The number of aromatic amines is 1. The van der Waals surface area contributed by atoms with Gasteiger partial charge in [-0.2, -0.15) is 0 Å². The Morgan fingerprint density at radius 3 is 3.04 bits per heavy atom.